The second kappa shape index (κ2) is 9.04. The van der Waals surface area contributed by atoms with Crippen molar-refractivity contribution in [3.05, 3.63) is 88.5 Å². The topological polar surface area (TPSA) is 37.9 Å². The Balaban J connectivity index is 1.39. The van der Waals surface area contributed by atoms with Crippen molar-refractivity contribution in [2.75, 3.05) is 19.6 Å². The van der Waals surface area contributed by atoms with E-state index in [2.05, 4.69) is 47.9 Å². The number of furan rings is 1. The highest BCUT2D eigenvalue weighted by molar-refractivity contribution is 7.09. The molecule has 0 radical (unpaired) electrons. The van der Waals surface area contributed by atoms with Crippen LogP contribution in [0.4, 0.5) is 0 Å². The summed E-state index contributed by atoms with van der Waals surface area (Å²) in [4.78, 5) is 17.4. The summed E-state index contributed by atoms with van der Waals surface area (Å²) in [5.74, 6) is 1.13. The maximum Gasteiger partial charge on any atom is 0.278 e. The molecule has 0 saturated carbocycles. The standard InChI is InChI=1S/C23H24N2O2S/c26-23(25-12-10-20(11-13-25)19-6-2-1-3-7-19)18-24(16-21-8-4-14-27-21)17-22-9-5-15-28-22/h1-10,14-15H,11-13,16-18H2/p+1. The molecular formula is C23H25N2O2S+. The first-order chi connectivity index (χ1) is 13.8. The van der Waals surface area contributed by atoms with E-state index in [-0.39, 0.29) is 5.91 Å². The van der Waals surface area contributed by atoms with Crippen molar-refractivity contribution in [2.24, 2.45) is 0 Å². The summed E-state index contributed by atoms with van der Waals surface area (Å²) in [5, 5.41) is 2.09. The predicted octanol–water partition coefficient (Wildman–Crippen LogP) is 3.24. The van der Waals surface area contributed by atoms with Gasteiger partial charge < -0.3 is 14.2 Å². The van der Waals surface area contributed by atoms with E-state index in [1.54, 1.807) is 17.6 Å². The maximum atomic E-state index is 13.0. The third-order valence-corrected chi connectivity index (χ3v) is 5.99. The first-order valence-corrected chi connectivity index (χ1v) is 10.6. The van der Waals surface area contributed by atoms with Gasteiger partial charge in [0, 0.05) is 13.1 Å². The molecule has 5 heteroatoms. The van der Waals surface area contributed by atoms with E-state index in [1.165, 1.54) is 20.9 Å². The van der Waals surface area contributed by atoms with Gasteiger partial charge in [-0.15, -0.1) is 11.3 Å². The van der Waals surface area contributed by atoms with Gasteiger partial charge in [-0.25, -0.2) is 0 Å². The second-order valence-corrected chi connectivity index (χ2v) is 8.16. The largest absolute Gasteiger partial charge is 0.463 e. The Morgan fingerprint density at radius 2 is 1.96 bits per heavy atom. The summed E-state index contributed by atoms with van der Waals surface area (Å²) in [6, 6.07) is 18.5. The number of carbonyl (C=O) groups is 1. The molecule has 144 valence electrons. The van der Waals surface area contributed by atoms with Crippen molar-refractivity contribution < 1.29 is 14.1 Å². The Kier molecular flexibility index (Phi) is 6.04. The first-order valence-electron chi connectivity index (χ1n) is 9.68. The highest BCUT2D eigenvalue weighted by Crippen LogP contribution is 2.21. The summed E-state index contributed by atoms with van der Waals surface area (Å²) in [7, 11) is 0. The molecule has 3 aromatic rings. The summed E-state index contributed by atoms with van der Waals surface area (Å²) in [5.41, 5.74) is 2.60. The summed E-state index contributed by atoms with van der Waals surface area (Å²) in [6.07, 6.45) is 4.80. The Morgan fingerprint density at radius 3 is 2.64 bits per heavy atom. The quantitative estimate of drug-likeness (QED) is 0.669. The minimum atomic E-state index is 0.210. The summed E-state index contributed by atoms with van der Waals surface area (Å²) < 4.78 is 5.52. The molecule has 1 amide bonds. The van der Waals surface area contributed by atoms with E-state index in [0.29, 0.717) is 13.1 Å². The average molecular weight is 394 g/mol. The zero-order valence-electron chi connectivity index (χ0n) is 15.8. The molecule has 28 heavy (non-hydrogen) atoms. The number of thiophene rings is 1. The molecule has 1 aliphatic heterocycles. The second-order valence-electron chi connectivity index (χ2n) is 7.12. The minimum Gasteiger partial charge on any atom is -0.463 e. The van der Waals surface area contributed by atoms with Gasteiger partial charge in [-0.2, -0.15) is 0 Å². The number of nitrogens with one attached hydrogen (secondary N) is 1. The Labute approximate surface area is 169 Å². The van der Waals surface area contributed by atoms with E-state index >= 15 is 0 Å². The van der Waals surface area contributed by atoms with Crippen molar-refractivity contribution in [1.82, 2.24) is 4.90 Å². The number of rotatable bonds is 7. The fraction of sp³-hybridized carbons (Fsp3) is 0.261. The molecule has 0 spiro atoms. The molecule has 4 rings (SSSR count). The Morgan fingerprint density at radius 1 is 1.07 bits per heavy atom. The van der Waals surface area contributed by atoms with Crippen LogP contribution in [-0.2, 0) is 17.9 Å². The van der Waals surface area contributed by atoms with Crippen molar-refractivity contribution in [3.8, 4) is 0 Å². The van der Waals surface area contributed by atoms with Gasteiger partial charge in [0.15, 0.2) is 12.3 Å². The van der Waals surface area contributed by atoms with Crippen LogP contribution in [0.25, 0.3) is 5.57 Å². The molecule has 1 unspecified atom stereocenters. The van der Waals surface area contributed by atoms with Crippen LogP contribution < -0.4 is 4.90 Å². The third-order valence-electron chi connectivity index (χ3n) is 5.12. The van der Waals surface area contributed by atoms with Crippen LogP contribution in [0.5, 0.6) is 0 Å². The zero-order chi connectivity index (χ0) is 19.2. The molecule has 1 atom stereocenters. The van der Waals surface area contributed by atoms with Crippen LogP contribution >= 0.6 is 11.3 Å². The van der Waals surface area contributed by atoms with Crippen LogP contribution in [-0.4, -0.2) is 30.4 Å². The van der Waals surface area contributed by atoms with Gasteiger partial charge in [-0.3, -0.25) is 4.79 Å². The molecule has 0 bridgehead atoms. The van der Waals surface area contributed by atoms with Crippen LogP contribution in [0.2, 0.25) is 0 Å². The fourth-order valence-corrected chi connectivity index (χ4v) is 4.42. The minimum absolute atomic E-state index is 0.210. The number of nitrogens with zero attached hydrogens (tertiary/aromatic N) is 1. The Bertz CT molecular complexity index is 865. The number of carbonyl (C=O) groups excluding carboxylic acids is 1. The molecule has 3 heterocycles. The molecule has 0 saturated heterocycles. The summed E-state index contributed by atoms with van der Waals surface area (Å²) in [6.45, 7) is 3.51. The zero-order valence-corrected chi connectivity index (χ0v) is 16.7. The lowest BCUT2D eigenvalue weighted by molar-refractivity contribution is -0.920. The lowest BCUT2D eigenvalue weighted by Crippen LogP contribution is -3.10. The number of benzene rings is 1. The normalized spacial score (nSPS) is 15.3. The van der Waals surface area contributed by atoms with E-state index in [1.807, 2.05) is 23.1 Å². The number of amides is 1. The number of hydrogen-bond acceptors (Lipinski definition) is 3. The predicted molar refractivity (Wildman–Crippen MR) is 112 cm³/mol. The van der Waals surface area contributed by atoms with E-state index in [0.717, 1.165) is 31.8 Å². The summed E-state index contributed by atoms with van der Waals surface area (Å²) >= 11 is 1.74. The van der Waals surface area contributed by atoms with Crippen molar-refractivity contribution in [1.29, 1.82) is 0 Å². The SMILES string of the molecule is O=C(C[NH+](Cc1ccco1)Cc1cccs1)N1CC=C(c2ccccc2)CC1. The van der Waals surface area contributed by atoms with Gasteiger partial charge in [0.1, 0.15) is 13.1 Å². The monoisotopic (exact) mass is 393 g/mol. The van der Waals surface area contributed by atoms with Gasteiger partial charge in [-0.05, 0) is 41.1 Å². The van der Waals surface area contributed by atoms with Gasteiger partial charge in [0.05, 0.1) is 11.1 Å². The molecule has 0 fully saturated rings. The van der Waals surface area contributed by atoms with Crippen molar-refractivity contribution >= 4 is 22.8 Å². The van der Waals surface area contributed by atoms with Crippen LogP contribution in [0.1, 0.15) is 22.6 Å². The van der Waals surface area contributed by atoms with Crippen molar-refractivity contribution in [2.45, 2.75) is 19.5 Å². The van der Waals surface area contributed by atoms with Crippen LogP contribution in [0.15, 0.2) is 76.7 Å². The third kappa shape index (κ3) is 4.80. The van der Waals surface area contributed by atoms with Gasteiger partial charge >= 0.3 is 0 Å². The Hall–Kier alpha value is -2.63. The van der Waals surface area contributed by atoms with Crippen LogP contribution in [0, 0.1) is 0 Å². The van der Waals surface area contributed by atoms with Gasteiger partial charge in [0.25, 0.3) is 5.91 Å². The lowest BCUT2D eigenvalue weighted by atomic mass is 9.99. The highest BCUT2D eigenvalue weighted by atomic mass is 32.1. The van der Waals surface area contributed by atoms with E-state index < -0.39 is 0 Å². The highest BCUT2D eigenvalue weighted by Gasteiger charge is 2.23. The van der Waals surface area contributed by atoms with Crippen LogP contribution in [0.3, 0.4) is 0 Å². The smallest absolute Gasteiger partial charge is 0.278 e. The number of quaternary nitrogens is 1. The molecule has 4 nitrogen and oxygen atoms in total. The molecule has 1 aliphatic rings. The van der Waals surface area contributed by atoms with E-state index in [9.17, 15) is 4.79 Å². The molecule has 0 aliphatic carbocycles. The maximum absolute atomic E-state index is 13.0. The van der Waals surface area contributed by atoms with Gasteiger partial charge in [-0.1, -0.05) is 42.5 Å². The van der Waals surface area contributed by atoms with Crippen molar-refractivity contribution in [3.63, 3.8) is 0 Å². The lowest BCUT2D eigenvalue weighted by Gasteiger charge is -2.28. The number of hydrogen-bond donors (Lipinski definition) is 1. The molecule has 2 aromatic heterocycles. The van der Waals surface area contributed by atoms with E-state index in [4.69, 9.17) is 4.42 Å². The first kappa shape index (κ1) is 18.7. The van der Waals surface area contributed by atoms with Gasteiger partial charge in [0.2, 0.25) is 0 Å². The molecule has 1 aromatic carbocycles. The molecular weight excluding hydrogens is 368 g/mol. The fourth-order valence-electron chi connectivity index (χ4n) is 3.64. The molecule has 1 N–H and O–H groups in total. The average Bonchev–Trinajstić information content (AvgIpc) is 3.43.